The van der Waals surface area contributed by atoms with E-state index in [0.717, 1.165) is 11.6 Å². The van der Waals surface area contributed by atoms with Gasteiger partial charge in [0.05, 0.1) is 5.75 Å². The first-order chi connectivity index (χ1) is 13.9. The maximum atomic E-state index is 13.4. The Hall–Kier alpha value is -2.85. The summed E-state index contributed by atoms with van der Waals surface area (Å²) >= 11 is 0. The average molecular weight is 416 g/mol. The van der Waals surface area contributed by atoms with Crippen LogP contribution in [0, 0.1) is 12.7 Å². The third kappa shape index (κ3) is 4.28. The Bertz CT molecular complexity index is 1110. The number of aryl methyl sites for hydroxylation is 1. The highest BCUT2D eigenvalue weighted by Gasteiger charge is 2.28. The number of halogens is 1. The highest BCUT2D eigenvalue weighted by molar-refractivity contribution is 7.88. The number of hydrogen-bond acceptors (Lipinski definition) is 6. The minimum atomic E-state index is -3.51. The number of sulfonamides is 1. The molecule has 2 aromatic heterocycles. The van der Waals surface area contributed by atoms with Crippen molar-refractivity contribution in [2.24, 2.45) is 0 Å². The number of hydrogen-bond donors (Lipinski definition) is 0. The molecule has 8 nitrogen and oxygen atoms in total. The molecule has 3 aromatic rings. The zero-order valence-electron chi connectivity index (χ0n) is 15.9. The lowest BCUT2D eigenvalue weighted by atomic mass is 10.2. The van der Waals surface area contributed by atoms with Crippen molar-refractivity contribution in [1.82, 2.24) is 23.8 Å². The predicted molar refractivity (Wildman–Crippen MR) is 107 cm³/mol. The molecule has 0 saturated carbocycles. The summed E-state index contributed by atoms with van der Waals surface area (Å²) in [5.74, 6) is 1.64. The van der Waals surface area contributed by atoms with Crippen LogP contribution in [0.25, 0.3) is 5.82 Å². The third-order valence-corrected chi connectivity index (χ3v) is 6.75. The molecule has 0 radical (unpaired) electrons. The Balaban J connectivity index is 1.44. The highest BCUT2D eigenvalue weighted by atomic mass is 32.2. The fraction of sp³-hybridized carbons (Fsp3) is 0.316. The zero-order chi connectivity index (χ0) is 20.4. The number of nitrogens with zero attached hydrogens (tertiary/aromatic N) is 6. The van der Waals surface area contributed by atoms with Crippen LogP contribution < -0.4 is 4.90 Å². The average Bonchev–Trinajstić information content (AvgIpc) is 3.14. The molecule has 3 heterocycles. The summed E-state index contributed by atoms with van der Waals surface area (Å²) in [6.45, 7) is 3.62. The molecule has 10 heteroatoms. The molecule has 0 N–H and O–H groups in total. The summed E-state index contributed by atoms with van der Waals surface area (Å²) in [7, 11) is -3.51. The van der Waals surface area contributed by atoms with Gasteiger partial charge in [-0.05, 0) is 24.6 Å². The number of rotatable bonds is 5. The van der Waals surface area contributed by atoms with Crippen LogP contribution in [0.1, 0.15) is 11.4 Å². The Morgan fingerprint density at radius 2 is 1.79 bits per heavy atom. The number of imidazole rings is 1. The second kappa shape index (κ2) is 7.88. The van der Waals surface area contributed by atoms with Gasteiger partial charge in [-0.3, -0.25) is 4.57 Å². The summed E-state index contributed by atoms with van der Waals surface area (Å²) in [5.41, 5.74) is 0.448. The van der Waals surface area contributed by atoms with E-state index in [2.05, 4.69) is 15.0 Å². The first-order valence-electron chi connectivity index (χ1n) is 9.22. The van der Waals surface area contributed by atoms with Gasteiger partial charge in [0.2, 0.25) is 10.0 Å². The van der Waals surface area contributed by atoms with Gasteiger partial charge in [0, 0.05) is 44.6 Å². The van der Waals surface area contributed by atoms with Gasteiger partial charge in [0.1, 0.15) is 29.6 Å². The molecule has 1 fully saturated rings. The third-order valence-electron chi connectivity index (χ3n) is 4.90. The molecule has 0 unspecified atom stereocenters. The lowest BCUT2D eigenvalue weighted by molar-refractivity contribution is 0.383. The topological polar surface area (TPSA) is 84.2 Å². The minimum absolute atomic E-state index is 0.206. The lowest BCUT2D eigenvalue weighted by Gasteiger charge is -2.34. The van der Waals surface area contributed by atoms with E-state index in [4.69, 9.17) is 0 Å². The number of anilines is 1. The molecule has 1 saturated heterocycles. The summed E-state index contributed by atoms with van der Waals surface area (Å²) in [6.07, 6.45) is 5.04. The van der Waals surface area contributed by atoms with Gasteiger partial charge >= 0.3 is 0 Å². The summed E-state index contributed by atoms with van der Waals surface area (Å²) in [4.78, 5) is 14.9. The maximum absolute atomic E-state index is 13.4. The number of benzene rings is 1. The van der Waals surface area contributed by atoms with E-state index in [0.29, 0.717) is 37.6 Å². The second-order valence-corrected chi connectivity index (χ2v) is 8.82. The molecular formula is C19H21FN6O2S. The van der Waals surface area contributed by atoms with Crippen LogP contribution >= 0.6 is 0 Å². The summed E-state index contributed by atoms with van der Waals surface area (Å²) < 4.78 is 42.1. The van der Waals surface area contributed by atoms with Gasteiger partial charge in [-0.15, -0.1) is 0 Å². The van der Waals surface area contributed by atoms with Crippen molar-refractivity contribution in [1.29, 1.82) is 0 Å². The molecular weight excluding hydrogens is 395 g/mol. The predicted octanol–water partition coefficient (Wildman–Crippen LogP) is 1.76. The normalized spacial score (nSPS) is 15.6. The maximum Gasteiger partial charge on any atom is 0.218 e. The van der Waals surface area contributed by atoms with Crippen molar-refractivity contribution in [2.45, 2.75) is 12.7 Å². The molecule has 0 spiro atoms. The first kappa shape index (κ1) is 19.5. The molecule has 29 heavy (non-hydrogen) atoms. The van der Waals surface area contributed by atoms with Crippen molar-refractivity contribution in [3.05, 3.63) is 66.3 Å². The quantitative estimate of drug-likeness (QED) is 0.630. The van der Waals surface area contributed by atoms with Crippen molar-refractivity contribution < 1.29 is 12.8 Å². The molecule has 0 atom stereocenters. The van der Waals surface area contributed by atoms with Gasteiger partial charge in [-0.25, -0.2) is 27.8 Å². The highest BCUT2D eigenvalue weighted by Crippen LogP contribution is 2.19. The monoisotopic (exact) mass is 416 g/mol. The Morgan fingerprint density at radius 1 is 1.03 bits per heavy atom. The molecule has 152 valence electrons. The van der Waals surface area contributed by atoms with Crippen LogP contribution in [-0.4, -0.2) is 58.4 Å². The standard InChI is InChI=1S/C19H21FN6O2S/c1-15-21-5-6-26(15)19-12-18(22-14-23-19)24-7-9-25(10-8-24)29(27,28)13-16-3-2-4-17(20)11-16/h2-6,11-12,14H,7-10,13H2,1H3. The summed E-state index contributed by atoms with van der Waals surface area (Å²) in [5, 5.41) is 0. The van der Waals surface area contributed by atoms with Crippen LogP contribution in [0.15, 0.2) is 49.1 Å². The van der Waals surface area contributed by atoms with Gasteiger partial charge < -0.3 is 4.90 Å². The smallest absolute Gasteiger partial charge is 0.218 e. The van der Waals surface area contributed by atoms with Crippen molar-refractivity contribution >= 4 is 15.8 Å². The van der Waals surface area contributed by atoms with Crippen molar-refractivity contribution in [2.75, 3.05) is 31.1 Å². The van der Waals surface area contributed by atoms with Gasteiger partial charge in [-0.1, -0.05) is 12.1 Å². The SMILES string of the molecule is Cc1nccn1-c1cc(N2CCN(S(=O)(=O)Cc3cccc(F)c3)CC2)ncn1. The number of aromatic nitrogens is 4. The van der Waals surface area contributed by atoms with Crippen LogP contribution in [0.3, 0.4) is 0 Å². The van der Waals surface area contributed by atoms with Crippen LogP contribution in [-0.2, 0) is 15.8 Å². The van der Waals surface area contributed by atoms with Gasteiger partial charge in [0.15, 0.2) is 0 Å². The fourth-order valence-corrected chi connectivity index (χ4v) is 4.89. The second-order valence-electron chi connectivity index (χ2n) is 6.85. The van der Waals surface area contributed by atoms with E-state index in [-0.39, 0.29) is 5.75 Å². The molecule has 0 amide bonds. The van der Waals surface area contributed by atoms with E-state index in [1.807, 2.05) is 28.7 Å². The lowest BCUT2D eigenvalue weighted by Crippen LogP contribution is -2.49. The summed E-state index contributed by atoms with van der Waals surface area (Å²) in [6, 6.07) is 7.57. The van der Waals surface area contributed by atoms with E-state index in [1.165, 1.54) is 28.8 Å². The van der Waals surface area contributed by atoms with Crippen LogP contribution in [0.2, 0.25) is 0 Å². The van der Waals surface area contributed by atoms with Crippen LogP contribution in [0.5, 0.6) is 0 Å². The van der Waals surface area contributed by atoms with E-state index < -0.39 is 15.8 Å². The molecule has 1 aliphatic rings. The first-order valence-corrected chi connectivity index (χ1v) is 10.8. The molecule has 1 aromatic carbocycles. The Kier molecular flexibility index (Phi) is 5.29. The zero-order valence-corrected chi connectivity index (χ0v) is 16.8. The van der Waals surface area contributed by atoms with Crippen molar-refractivity contribution in [3.8, 4) is 5.82 Å². The van der Waals surface area contributed by atoms with Gasteiger partial charge in [0.25, 0.3) is 0 Å². The minimum Gasteiger partial charge on any atom is -0.354 e. The van der Waals surface area contributed by atoms with E-state index >= 15 is 0 Å². The Labute approximate surface area is 168 Å². The molecule has 4 rings (SSSR count). The number of piperazine rings is 1. The molecule has 0 aliphatic carbocycles. The fourth-order valence-electron chi connectivity index (χ4n) is 3.39. The van der Waals surface area contributed by atoms with Crippen molar-refractivity contribution in [3.63, 3.8) is 0 Å². The molecule has 0 bridgehead atoms. The Morgan fingerprint density at radius 3 is 2.48 bits per heavy atom. The van der Waals surface area contributed by atoms with E-state index in [9.17, 15) is 12.8 Å². The largest absolute Gasteiger partial charge is 0.354 e. The van der Waals surface area contributed by atoms with Crippen LogP contribution in [0.4, 0.5) is 10.2 Å². The van der Waals surface area contributed by atoms with Gasteiger partial charge in [-0.2, -0.15) is 4.31 Å². The molecule has 1 aliphatic heterocycles. The van der Waals surface area contributed by atoms with E-state index in [1.54, 1.807) is 12.3 Å².